The van der Waals surface area contributed by atoms with E-state index in [0.29, 0.717) is 17.1 Å². The predicted molar refractivity (Wildman–Crippen MR) is 109 cm³/mol. The Kier molecular flexibility index (Phi) is 7.37. The molecule has 0 saturated carbocycles. The summed E-state index contributed by atoms with van der Waals surface area (Å²) in [7, 11) is -4.21. The van der Waals surface area contributed by atoms with E-state index in [-0.39, 0.29) is 17.0 Å². The van der Waals surface area contributed by atoms with E-state index in [4.69, 9.17) is 5.26 Å². The van der Waals surface area contributed by atoms with Crippen molar-refractivity contribution in [2.45, 2.75) is 43.4 Å². The van der Waals surface area contributed by atoms with Crippen molar-refractivity contribution < 1.29 is 26.7 Å². The normalized spacial score (nSPS) is 13.5. The Hall–Kier alpha value is -3.01. The second-order valence-electron chi connectivity index (χ2n) is 6.88. The first kappa shape index (κ1) is 24.3. The van der Waals surface area contributed by atoms with Gasteiger partial charge in [0.05, 0.1) is 16.5 Å². The molecule has 0 amide bonds. The number of rotatable bonds is 6. The number of halogens is 3. The van der Waals surface area contributed by atoms with Gasteiger partial charge in [-0.2, -0.15) is 18.4 Å². The van der Waals surface area contributed by atoms with Crippen molar-refractivity contribution in [2.75, 3.05) is 6.54 Å². The van der Waals surface area contributed by atoms with Gasteiger partial charge in [-0.1, -0.05) is 43.2 Å². The number of sulfonamides is 1. The van der Waals surface area contributed by atoms with Crippen LogP contribution in [0.5, 0.6) is 0 Å². The summed E-state index contributed by atoms with van der Waals surface area (Å²) in [5.74, 6) is 1.73. The Morgan fingerprint density at radius 2 is 1.65 bits per heavy atom. The fourth-order valence-electron chi connectivity index (χ4n) is 2.61. The first-order valence-corrected chi connectivity index (χ1v) is 10.8. The van der Waals surface area contributed by atoms with Gasteiger partial charge < -0.3 is 5.11 Å². The molecule has 0 spiro atoms. The van der Waals surface area contributed by atoms with Crippen LogP contribution in [0, 0.1) is 30.2 Å². The number of hydrogen-bond acceptors (Lipinski definition) is 4. The van der Waals surface area contributed by atoms with Crippen LogP contribution in [0.3, 0.4) is 0 Å². The summed E-state index contributed by atoms with van der Waals surface area (Å²) in [6.45, 7) is 3.43. The molecule has 0 saturated heterocycles. The van der Waals surface area contributed by atoms with E-state index in [1.54, 1.807) is 38.0 Å². The maximum atomic E-state index is 13.8. The van der Waals surface area contributed by atoms with E-state index < -0.39 is 27.4 Å². The largest absolute Gasteiger partial charge is 0.433 e. The number of benzene rings is 2. The second-order valence-corrected chi connectivity index (χ2v) is 8.74. The Morgan fingerprint density at radius 3 is 2.13 bits per heavy atom. The minimum Gasteiger partial charge on any atom is -0.366 e. The zero-order chi connectivity index (χ0) is 23.3. The first-order valence-electron chi connectivity index (χ1n) is 9.37. The van der Waals surface area contributed by atoms with Crippen LogP contribution in [-0.4, -0.2) is 30.6 Å². The van der Waals surface area contributed by atoms with Crippen molar-refractivity contribution in [2.24, 2.45) is 0 Å². The molecule has 1 unspecified atom stereocenters. The monoisotopic (exact) mass is 450 g/mol. The van der Waals surface area contributed by atoms with Gasteiger partial charge in [0, 0.05) is 18.2 Å². The molecule has 0 radical (unpaired) electrons. The van der Waals surface area contributed by atoms with Gasteiger partial charge in [0.2, 0.25) is 5.60 Å². The lowest BCUT2D eigenvalue weighted by atomic mass is 9.93. The molecule has 0 aliphatic rings. The highest BCUT2D eigenvalue weighted by Gasteiger charge is 2.54. The molecule has 2 aromatic rings. The molecule has 2 rings (SSSR count). The fourth-order valence-corrected chi connectivity index (χ4v) is 3.88. The SMILES string of the molecule is CCCCN(C#CC(O)(c1ccc(C#N)cc1)C(F)(F)F)S(=O)(=O)c1ccc(C)cc1. The van der Waals surface area contributed by atoms with E-state index in [1.165, 1.54) is 12.1 Å². The number of aliphatic hydroxyl groups is 1. The fraction of sp³-hybridized carbons (Fsp3) is 0.318. The minimum absolute atomic E-state index is 0.104. The zero-order valence-corrected chi connectivity index (χ0v) is 17.8. The summed E-state index contributed by atoms with van der Waals surface area (Å²) in [5, 5.41) is 19.3. The summed E-state index contributed by atoms with van der Waals surface area (Å²) in [6, 6.07) is 13.8. The highest BCUT2D eigenvalue weighted by atomic mass is 32.2. The van der Waals surface area contributed by atoms with E-state index in [9.17, 15) is 26.7 Å². The molecule has 0 aliphatic carbocycles. The van der Waals surface area contributed by atoms with Crippen LogP contribution in [0.4, 0.5) is 13.2 Å². The van der Waals surface area contributed by atoms with Crippen molar-refractivity contribution in [1.29, 1.82) is 5.26 Å². The number of nitrogens with zero attached hydrogens (tertiary/aromatic N) is 2. The van der Waals surface area contributed by atoms with Crippen LogP contribution in [0.2, 0.25) is 0 Å². The molecule has 0 heterocycles. The highest BCUT2D eigenvalue weighted by Crippen LogP contribution is 2.38. The molecule has 1 atom stereocenters. The molecule has 1 N–H and O–H groups in total. The third-order valence-electron chi connectivity index (χ3n) is 4.53. The smallest absolute Gasteiger partial charge is 0.366 e. The predicted octanol–water partition coefficient (Wildman–Crippen LogP) is 4.07. The molecule has 0 fully saturated rings. The van der Waals surface area contributed by atoms with E-state index >= 15 is 0 Å². The molecule has 0 bridgehead atoms. The summed E-state index contributed by atoms with van der Waals surface area (Å²) in [6.07, 6.45) is -4.26. The third-order valence-corrected chi connectivity index (χ3v) is 6.25. The molecular weight excluding hydrogens is 429 g/mol. The van der Waals surface area contributed by atoms with Crippen LogP contribution in [0.1, 0.15) is 36.5 Å². The third kappa shape index (κ3) is 5.38. The molecule has 2 aromatic carbocycles. The minimum atomic E-state index is -5.21. The lowest BCUT2D eigenvalue weighted by Crippen LogP contribution is -2.41. The Morgan fingerprint density at radius 1 is 1.06 bits per heavy atom. The van der Waals surface area contributed by atoms with Gasteiger partial charge in [0.25, 0.3) is 10.0 Å². The van der Waals surface area contributed by atoms with Crippen molar-refractivity contribution in [3.8, 4) is 18.0 Å². The number of aryl methyl sites for hydroxylation is 1. The molecule has 9 heteroatoms. The number of nitriles is 1. The van der Waals surface area contributed by atoms with Gasteiger partial charge in [0.1, 0.15) is 0 Å². The van der Waals surface area contributed by atoms with Crippen LogP contribution in [-0.2, 0) is 15.6 Å². The Labute approximate surface area is 179 Å². The molecule has 0 aromatic heterocycles. The maximum Gasteiger partial charge on any atom is 0.433 e. The van der Waals surface area contributed by atoms with Gasteiger partial charge in [-0.25, -0.2) is 12.7 Å². The maximum absolute atomic E-state index is 13.8. The van der Waals surface area contributed by atoms with Crippen molar-refractivity contribution >= 4 is 10.0 Å². The topological polar surface area (TPSA) is 81.4 Å². The van der Waals surface area contributed by atoms with Crippen LogP contribution in [0.15, 0.2) is 53.4 Å². The van der Waals surface area contributed by atoms with Gasteiger partial charge >= 0.3 is 6.18 Å². The summed E-state index contributed by atoms with van der Waals surface area (Å²) in [4.78, 5) is -0.113. The average molecular weight is 450 g/mol. The number of alkyl halides is 3. The summed E-state index contributed by atoms with van der Waals surface area (Å²) in [5.41, 5.74) is -3.31. The summed E-state index contributed by atoms with van der Waals surface area (Å²) >= 11 is 0. The molecule has 164 valence electrons. The van der Waals surface area contributed by atoms with Crippen molar-refractivity contribution in [3.05, 3.63) is 65.2 Å². The lowest BCUT2D eigenvalue weighted by Gasteiger charge is -2.26. The number of unbranched alkanes of at least 4 members (excludes halogenated alkanes) is 1. The molecule has 31 heavy (non-hydrogen) atoms. The van der Waals surface area contributed by atoms with Crippen LogP contribution >= 0.6 is 0 Å². The first-order chi connectivity index (χ1) is 14.5. The summed E-state index contributed by atoms with van der Waals surface area (Å²) < 4.78 is 67.8. The Bertz CT molecular complexity index is 1110. The van der Waals surface area contributed by atoms with E-state index in [0.717, 1.165) is 29.8 Å². The van der Waals surface area contributed by atoms with Gasteiger partial charge in [-0.15, -0.1) is 0 Å². The van der Waals surface area contributed by atoms with Gasteiger partial charge in [-0.05, 0) is 43.5 Å². The standard InChI is InChI=1S/C22H21F3N2O3S/c1-3-4-14-27(31(29,30)20-11-5-17(2)6-12-20)15-13-21(28,22(23,24)25)19-9-7-18(16-26)8-10-19/h5-12,28H,3-4,14H2,1-2H3. The van der Waals surface area contributed by atoms with E-state index in [1.807, 2.05) is 6.04 Å². The van der Waals surface area contributed by atoms with Crippen LogP contribution < -0.4 is 0 Å². The molecule has 0 aliphatic heterocycles. The van der Waals surface area contributed by atoms with E-state index in [2.05, 4.69) is 0 Å². The van der Waals surface area contributed by atoms with Gasteiger partial charge in [0.15, 0.2) is 0 Å². The lowest BCUT2D eigenvalue weighted by molar-refractivity contribution is -0.240. The van der Waals surface area contributed by atoms with Crippen LogP contribution in [0.25, 0.3) is 0 Å². The average Bonchev–Trinajstić information content (AvgIpc) is 2.73. The second kappa shape index (κ2) is 9.42. The zero-order valence-electron chi connectivity index (χ0n) is 16.9. The highest BCUT2D eigenvalue weighted by molar-refractivity contribution is 7.89. The quantitative estimate of drug-likeness (QED) is 0.531. The van der Waals surface area contributed by atoms with Gasteiger partial charge in [-0.3, -0.25) is 0 Å². The molecular formula is C22H21F3N2O3S. The van der Waals surface area contributed by atoms with Crippen molar-refractivity contribution in [1.82, 2.24) is 4.31 Å². The number of hydrogen-bond donors (Lipinski definition) is 1. The van der Waals surface area contributed by atoms with Crippen molar-refractivity contribution in [3.63, 3.8) is 0 Å². The Balaban J connectivity index is 2.57. The molecule has 5 nitrogen and oxygen atoms in total.